The summed E-state index contributed by atoms with van der Waals surface area (Å²) in [5.74, 6) is 0.485. The molecule has 54 heavy (non-hydrogen) atoms. The Labute approximate surface area is 311 Å². The van der Waals surface area contributed by atoms with E-state index in [0.29, 0.717) is 0 Å². The minimum absolute atomic E-state index is 0.211. The van der Waals surface area contributed by atoms with Crippen molar-refractivity contribution >= 4 is 102 Å². The molecule has 2 aromatic heterocycles. The predicted molar refractivity (Wildman–Crippen MR) is 226 cm³/mol. The van der Waals surface area contributed by atoms with Crippen LogP contribution in [0.5, 0.6) is 0 Å². The average molecular weight is 682 g/mol. The van der Waals surface area contributed by atoms with Crippen LogP contribution in [0.2, 0.25) is 11.6 Å². The van der Waals surface area contributed by atoms with Gasteiger partial charge in [0.15, 0.2) is 0 Å². The summed E-state index contributed by atoms with van der Waals surface area (Å²) in [5, 5.41) is 5.35. The first-order valence-electron chi connectivity index (χ1n) is 19.3. The van der Waals surface area contributed by atoms with Crippen molar-refractivity contribution in [3.05, 3.63) is 169 Å². The van der Waals surface area contributed by atoms with Crippen LogP contribution < -0.4 is 31.7 Å². The highest BCUT2D eigenvalue weighted by Crippen LogP contribution is 2.59. The second-order valence-corrected chi connectivity index (χ2v) is 16.0. The smallest absolute Gasteiger partial charge is 0.225 e. The first-order valence-corrected chi connectivity index (χ1v) is 19.3. The molecule has 0 radical (unpaired) electrons. The molecule has 6 heteroatoms. The van der Waals surface area contributed by atoms with Gasteiger partial charge in [0.25, 0.3) is 0 Å². The molecule has 0 fully saturated rings. The van der Waals surface area contributed by atoms with E-state index in [1.54, 1.807) is 0 Å². The van der Waals surface area contributed by atoms with Gasteiger partial charge >= 0.3 is 0 Å². The molecule has 7 heterocycles. The summed E-state index contributed by atoms with van der Waals surface area (Å²) >= 11 is 0. The quantitative estimate of drug-likeness (QED) is 0.170. The molecule has 1 aliphatic carbocycles. The highest BCUT2D eigenvalue weighted by atomic mass is 15.2. The molecule has 2 unspecified atom stereocenters. The minimum atomic E-state index is 0.211. The predicted octanol–water partition coefficient (Wildman–Crippen LogP) is 8.56. The van der Waals surface area contributed by atoms with Gasteiger partial charge in [-0.15, -0.1) is 0 Å². The average Bonchev–Trinajstić information content (AvgIpc) is 3.76. The monoisotopic (exact) mass is 682 g/mol. The van der Waals surface area contributed by atoms with Crippen molar-refractivity contribution in [2.24, 2.45) is 0 Å². The fourth-order valence-corrected chi connectivity index (χ4v) is 12.3. The van der Waals surface area contributed by atoms with Crippen LogP contribution >= 0.6 is 0 Å². The second kappa shape index (κ2) is 8.92. The lowest BCUT2D eigenvalue weighted by molar-refractivity contribution is 0.807. The number of rotatable bonds is 2. The van der Waals surface area contributed by atoms with E-state index in [-0.39, 0.29) is 25.1 Å². The molecule has 0 bridgehead atoms. The van der Waals surface area contributed by atoms with Gasteiger partial charge in [-0.05, 0) is 95.4 Å². The number of hydrogen-bond donors (Lipinski definition) is 0. The van der Waals surface area contributed by atoms with E-state index in [1.165, 1.54) is 111 Å². The van der Waals surface area contributed by atoms with Crippen LogP contribution in [0.15, 0.2) is 169 Å². The Morgan fingerprint density at radius 3 is 1.22 bits per heavy atom. The number of aromatic nitrogens is 2. The number of fused-ring (bicyclic) bond motifs is 8. The van der Waals surface area contributed by atoms with Crippen LogP contribution in [0.3, 0.4) is 0 Å². The summed E-state index contributed by atoms with van der Waals surface area (Å²) in [6, 6.07) is 55.0. The van der Waals surface area contributed by atoms with Gasteiger partial charge in [0.05, 0.1) is 22.1 Å². The van der Waals surface area contributed by atoms with E-state index in [4.69, 9.17) is 0 Å². The van der Waals surface area contributed by atoms with Gasteiger partial charge in [0.1, 0.15) is 0 Å². The summed E-state index contributed by atoms with van der Waals surface area (Å²) in [7, 11) is 0. The van der Waals surface area contributed by atoms with Crippen molar-refractivity contribution in [3.63, 3.8) is 0 Å². The van der Waals surface area contributed by atoms with E-state index >= 15 is 0 Å². The maximum atomic E-state index is 2.64. The molecule has 15 rings (SSSR count). The molecule has 0 amide bonds. The maximum absolute atomic E-state index is 2.64. The van der Waals surface area contributed by atoms with E-state index in [1.807, 2.05) is 0 Å². The topological polar surface area (TPSA) is 16.3 Å². The first-order chi connectivity index (χ1) is 26.9. The Morgan fingerprint density at radius 1 is 0.352 bits per heavy atom. The Balaban J connectivity index is 1.19. The first kappa shape index (κ1) is 27.0. The fourth-order valence-electron chi connectivity index (χ4n) is 12.3. The zero-order chi connectivity index (χ0) is 34.6. The van der Waals surface area contributed by atoms with Crippen molar-refractivity contribution in [1.82, 2.24) is 9.13 Å². The van der Waals surface area contributed by atoms with Gasteiger partial charge in [-0.1, -0.05) is 95.9 Å². The van der Waals surface area contributed by atoms with Crippen LogP contribution in [-0.4, -0.2) is 22.6 Å². The minimum Gasteiger partial charge on any atom is -0.315 e. The van der Waals surface area contributed by atoms with Gasteiger partial charge in [-0.25, -0.2) is 0 Å². The number of nitrogens with zero attached hydrogens (tertiary/aromatic N) is 4. The van der Waals surface area contributed by atoms with Crippen LogP contribution in [0, 0.1) is 0 Å². The fraction of sp³-hybridized carbons (Fsp3) is 0.0417. The second-order valence-electron chi connectivity index (χ2n) is 16.0. The molecule has 0 saturated carbocycles. The molecule has 246 valence electrons. The van der Waals surface area contributed by atoms with Gasteiger partial charge < -0.3 is 18.9 Å². The molecule has 2 atom stereocenters. The summed E-state index contributed by atoms with van der Waals surface area (Å²) in [6.07, 6.45) is 4.96. The lowest BCUT2D eigenvalue weighted by atomic mass is 9.12. The molecule has 5 aliphatic heterocycles. The van der Waals surface area contributed by atoms with Gasteiger partial charge in [-0.2, -0.15) is 0 Å². The van der Waals surface area contributed by atoms with Crippen molar-refractivity contribution in [2.75, 3.05) is 9.80 Å². The van der Waals surface area contributed by atoms with Gasteiger partial charge in [0, 0.05) is 67.1 Å². The molecule has 0 N–H and O–H groups in total. The summed E-state index contributed by atoms with van der Waals surface area (Å²) in [4.78, 5) is 5.24. The molecule has 0 saturated heterocycles. The molecular weight excluding hydrogens is 654 g/mol. The van der Waals surface area contributed by atoms with Gasteiger partial charge in [0.2, 0.25) is 13.4 Å². The largest absolute Gasteiger partial charge is 0.315 e. The van der Waals surface area contributed by atoms with Crippen LogP contribution in [-0.2, 0) is 0 Å². The summed E-state index contributed by atoms with van der Waals surface area (Å²) < 4.78 is 5.27. The Morgan fingerprint density at radius 2 is 0.759 bits per heavy atom. The van der Waals surface area contributed by atoms with Crippen LogP contribution in [0.4, 0.5) is 22.7 Å². The zero-order valence-electron chi connectivity index (χ0n) is 29.1. The highest BCUT2D eigenvalue weighted by Gasteiger charge is 2.62. The number of para-hydroxylation sites is 4. The van der Waals surface area contributed by atoms with Crippen molar-refractivity contribution in [1.29, 1.82) is 0 Å². The number of hydrogen-bond acceptors (Lipinski definition) is 2. The lowest BCUT2D eigenvalue weighted by Gasteiger charge is -2.57. The molecule has 4 nitrogen and oxygen atoms in total. The molecule has 7 aromatic carbocycles. The molecule has 0 spiro atoms. The highest BCUT2D eigenvalue weighted by molar-refractivity contribution is 7.05. The Bertz CT molecular complexity index is 3100. The summed E-state index contributed by atoms with van der Waals surface area (Å²) in [6.45, 7) is 0.423. The number of benzene rings is 7. The van der Waals surface area contributed by atoms with E-state index in [2.05, 4.69) is 177 Å². The van der Waals surface area contributed by atoms with Crippen LogP contribution in [0.1, 0.15) is 0 Å². The maximum Gasteiger partial charge on any atom is 0.225 e. The van der Waals surface area contributed by atoms with E-state index in [0.717, 1.165) is 0 Å². The number of anilines is 4. The third-order valence-corrected chi connectivity index (χ3v) is 13.9. The standard InChI is InChI=1S/C48H28B2N4/c1-3-11-27(12-4-1)51-35-23-24-36-42-41(35)49-43-37(53-33-17-9-7-15-29(33)31-19-21-39(51)45(49)47(31)53)25-26-38-44(43)50(42)46-40(52(36)28-13-5-2-6-14-28)22-20-32-30-16-8-10-18-34(30)54(38)48(32)46/h1-26,41-42H. The molecule has 6 aliphatic rings. The van der Waals surface area contributed by atoms with Crippen molar-refractivity contribution in [3.8, 4) is 11.4 Å². The van der Waals surface area contributed by atoms with Crippen molar-refractivity contribution < 1.29 is 0 Å². The van der Waals surface area contributed by atoms with E-state index in [9.17, 15) is 0 Å². The normalized spacial score (nSPS) is 18.8. The Hall–Kier alpha value is -6.65. The lowest BCUT2D eigenvalue weighted by Crippen LogP contribution is -2.74. The molecular formula is C48H28B2N4. The summed E-state index contributed by atoms with van der Waals surface area (Å²) in [5.41, 5.74) is 22.0. The van der Waals surface area contributed by atoms with E-state index < -0.39 is 0 Å². The van der Waals surface area contributed by atoms with Crippen molar-refractivity contribution in [2.45, 2.75) is 11.6 Å². The Kier molecular flexibility index (Phi) is 4.47. The third kappa shape index (κ3) is 2.77. The van der Waals surface area contributed by atoms with Crippen LogP contribution in [0.25, 0.3) is 55.0 Å². The SMILES string of the molecule is C1=C2C3B4c5c(ccc6c5B5c7c(ccc8c9ccccc9n-6c78)N(c6ccccc6)C(=C1)C53)-n1c3ccccc3c3ccc(c4c31)N2c1ccccc1. The van der Waals surface area contributed by atoms with Gasteiger partial charge in [-0.3, -0.25) is 0 Å². The molecule has 9 aromatic rings. The number of allylic oxidation sites excluding steroid dienone is 4. The zero-order valence-corrected chi connectivity index (χ0v) is 29.1. The third-order valence-electron chi connectivity index (χ3n) is 13.9.